The summed E-state index contributed by atoms with van der Waals surface area (Å²) in [6, 6.07) is 3.56. The molecule has 0 aliphatic heterocycles. The summed E-state index contributed by atoms with van der Waals surface area (Å²) in [4.78, 5) is 19.7. The highest BCUT2D eigenvalue weighted by atomic mass is 35.5. The predicted octanol–water partition coefficient (Wildman–Crippen LogP) is 2.87. The van der Waals surface area contributed by atoms with Gasteiger partial charge in [-0.05, 0) is 19.1 Å². The number of halogens is 1. The van der Waals surface area contributed by atoms with Crippen LogP contribution in [0.3, 0.4) is 0 Å². The van der Waals surface area contributed by atoms with Crippen molar-refractivity contribution >= 4 is 28.9 Å². The lowest BCUT2D eigenvalue weighted by molar-refractivity contribution is 0.0695. The number of aromatic nitrogens is 2. The summed E-state index contributed by atoms with van der Waals surface area (Å²) < 4.78 is 0.651. The maximum Gasteiger partial charge on any atom is 0.339 e. The summed E-state index contributed by atoms with van der Waals surface area (Å²) >= 11 is 7.16. The largest absolute Gasteiger partial charge is 0.478 e. The van der Waals surface area contributed by atoms with E-state index in [1.54, 1.807) is 13.0 Å². The van der Waals surface area contributed by atoms with Crippen LogP contribution in [0.5, 0.6) is 0 Å². The van der Waals surface area contributed by atoms with Gasteiger partial charge in [0.15, 0.2) is 5.82 Å². The van der Waals surface area contributed by atoms with Gasteiger partial charge in [0.1, 0.15) is 0 Å². The van der Waals surface area contributed by atoms with Gasteiger partial charge in [0.25, 0.3) is 0 Å². The molecule has 0 bridgehead atoms. The number of rotatable bonds is 2. The second-order valence-corrected chi connectivity index (χ2v) is 4.82. The second kappa shape index (κ2) is 4.19. The Bertz CT molecular complexity index is 554. The zero-order chi connectivity index (χ0) is 11.7. The van der Waals surface area contributed by atoms with E-state index in [0.29, 0.717) is 15.9 Å². The molecule has 2 heterocycles. The van der Waals surface area contributed by atoms with Gasteiger partial charge in [-0.15, -0.1) is 11.3 Å². The van der Waals surface area contributed by atoms with Crippen LogP contribution in [0, 0.1) is 6.92 Å². The van der Waals surface area contributed by atoms with E-state index in [2.05, 4.69) is 9.97 Å². The SMILES string of the molecule is Cc1nc(-c2ccc(Cl)s2)ncc1C(=O)O. The van der Waals surface area contributed by atoms with Gasteiger partial charge in [0, 0.05) is 6.20 Å². The fourth-order valence-corrected chi connectivity index (χ4v) is 2.21. The molecule has 0 saturated heterocycles. The minimum Gasteiger partial charge on any atom is -0.478 e. The van der Waals surface area contributed by atoms with Crippen LogP contribution in [0.15, 0.2) is 18.3 Å². The molecule has 82 valence electrons. The third-order valence-electron chi connectivity index (χ3n) is 2.00. The van der Waals surface area contributed by atoms with Gasteiger partial charge < -0.3 is 5.11 Å². The van der Waals surface area contributed by atoms with Gasteiger partial charge in [-0.3, -0.25) is 0 Å². The summed E-state index contributed by atoms with van der Waals surface area (Å²) in [6.45, 7) is 1.64. The molecule has 16 heavy (non-hydrogen) atoms. The molecule has 6 heteroatoms. The van der Waals surface area contributed by atoms with Crippen molar-refractivity contribution in [1.29, 1.82) is 0 Å². The predicted molar refractivity (Wildman–Crippen MR) is 62.1 cm³/mol. The third-order valence-corrected chi connectivity index (χ3v) is 3.23. The molecule has 2 aromatic rings. The van der Waals surface area contributed by atoms with E-state index in [0.717, 1.165) is 4.88 Å². The molecule has 0 saturated carbocycles. The Hall–Kier alpha value is -1.46. The van der Waals surface area contributed by atoms with E-state index < -0.39 is 5.97 Å². The quantitative estimate of drug-likeness (QED) is 0.895. The van der Waals surface area contributed by atoms with Crippen LogP contribution in [0.25, 0.3) is 10.7 Å². The van der Waals surface area contributed by atoms with Crippen LogP contribution < -0.4 is 0 Å². The van der Waals surface area contributed by atoms with Gasteiger partial charge in [-0.2, -0.15) is 0 Å². The molecule has 0 radical (unpaired) electrons. The van der Waals surface area contributed by atoms with Crippen molar-refractivity contribution in [2.45, 2.75) is 6.92 Å². The first-order chi connectivity index (χ1) is 7.58. The highest BCUT2D eigenvalue weighted by molar-refractivity contribution is 7.19. The molecule has 2 aromatic heterocycles. The fourth-order valence-electron chi connectivity index (χ4n) is 1.23. The second-order valence-electron chi connectivity index (χ2n) is 3.10. The van der Waals surface area contributed by atoms with E-state index in [-0.39, 0.29) is 5.56 Å². The Morgan fingerprint density at radius 3 is 2.75 bits per heavy atom. The summed E-state index contributed by atoms with van der Waals surface area (Å²) in [5, 5.41) is 8.83. The molecule has 0 amide bonds. The van der Waals surface area contributed by atoms with Crippen molar-refractivity contribution in [1.82, 2.24) is 9.97 Å². The lowest BCUT2D eigenvalue weighted by atomic mass is 10.2. The molecule has 0 unspecified atom stereocenters. The smallest absolute Gasteiger partial charge is 0.339 e. The Morgan fingerprint density at radius 2 is 2.25 bits per heavy atom. The van der Waals surface area contributed by atoms with Crippen molar-refractivity contribution in [3.05, 3.63) is 33.9 Å². The molecule has 2 rings (SSSR count). The lowest BCUT2D eigenvalue weighted by Crippen LogP contribution is -2.03. The Labute approximate surface area is 101 Å². The standard InChI is InChI=1S/C10H7ClN2O2S/c1-5-6(10(14)15)4-12-9(13-5)7-2-3-8(11)16-7/h2-4H,1H3,(H,14,15). The average Bonchev–Trinajstić information content (AvgIpc) is 2.64. The van der Waals surface area contributed by atoms with Gasteiger partial charge in [0.2, 0.25) is 0 Å². The van der Waals surface area contributed by atoms with Crippen LogP contribution in [0.2, 0.25) is 4.34 Å². The average molecular weight is 255 g/mol. The topological polar surface area (TPSA) is 63.1 Å². The number of aryl methyl sites for hydroxylation is 1. The number of aromatic carboxylic acids is 1. The zero-order valence-corrected chi connectivity index (χ0v) is 9.84. The lowest BCUT2D eigenvalue weighted by Gasteiger charge is -2.01. The molecule has 0 fully saturated rings. The Balaban J connectivity index is 2.45. The van der Waals surface area contributed by atoms with Crippen LogP contribution in [0.4, 0.5) is 0 Å². The van der Waals surface area contributed by atoms with Crippen LogP contribution in [-0.2, 0) is 0 Å². The monoisotopic (exact) mass is 254 g/mol. The first-order valence-electron chi connectivity index (χ1n) is 4.40. The number of carbonyl (C=O) groups is 1. The van der Waals surface area contributed by atoms with Crippen LogP contribution in [0.1, 0.15) is 16.1 Å². The normalized spacial score (nSPS) is 10.4. The van der Waals surface area contributed by atoms with Gasteiger partial charge in [0.05, 0.1) is 20.5 Å². The maximum atomic E-state index is 10.8. The van der Waals surface area contributed by atoms with Crippen molar-refractivity contribution in [3.8, 4) is 10.7 Å². The van der Waals surface area contributed by atoms with Gasteiger partial charge >= 0.3 is 5.97 Å². The Morgan fingerprint density at radius 1 is 1.50 bits per heavy atom. The number of hydrogen-bond donors (Lipinski definition) is 1. The van der Waals surface area contributed by atoms with Crippen molar-refractivity contribution < 1.29 is 9.90 Å². The number of hydrogen-bond acceptors (Lipinski definition) is 4. The molecular weight excluding hydrogens is 248 g/mol. The molecule has 1 N–H and O–H groups in total. The maximum absolute atomic E-state index is 10.8. The number of thiophene rings is 1. The molecular formula is C10H7ClN2O2S. The molecule has 0 aliphatic carbocycles. The van der Waals surface area contributed by atoms with Gasteiger partial charge in [-0.25, -0.2) is 14.8 Å². The highest BCUT2D eigenvalue weighted by Gasteiger charge is 2.11. The fraction of sp³-hybridized carbons (Fsp3) is 0.100. The zero-order valence-electron chi connectivity index (χ0n) is 8.27. The molecule has 4 nitrogen and oxygen atoms in total. The first kappa shape index (κ1) is 11.0. The van der Waals surface area contributed by atoms with E-state index in [9.17, 15) is 4.79 Å². The van der Waals surface area contributed by atoms with E-state index in [4.69, 9.17) is 16.7 Å². The third kappa shape index (κ3) is 2.05. The minimum absolute atomic E-state index is 0.117. The van der Waals surface area contributed by atoms with E-state index in [1.807, 2.05) is 6.07 Å². The molecule has 0 aromatic carbocycles. The van der Waals surface area contributed by atoms with E-state index >= 15 is 0 Å². The molecule has 0 spiro atoms. The number of carboxylic acid groups (broad SMARTS) is 1. The van der Waals surface area contributed by atoms with E-state index in [1.165, 1.54) is 17.5 Å². The number of nitrogens with zero attached hydrogens (tertiary/aromatic N) is 2. The van der Waals surface area contributed by atoms with Crippen molar-refractivity contribution in [3.63, 3.8) is 0 Å². The summed E-state index contributed by atoms with van der Waals surface area (Å²) in [6.07, 6.45) is 1.31. The minimum atomic E-state index is -1.02. The Kier molecular flexibility index (Phi) is 2.89. The highest BCUT2D eigenvalue weighted by Crippen LogP contribution is 2.28. The van der Waals surface area contributed by atoms with Crippen molar-refractivity contribution in [2.24, 2.45) is 0 Å². The van der Waals surface area contributed by atoms with Gasteiger partial charge in [-0.1, -0.05) is 11.6 Å². The van der Waals surface area contributed by atoms with Crippen molar-refractivity contribution in [2.75, 3.05) is 0 Å². The molecule has 0 atom stereocenters. The first-order valence-corrected chi connectivity index (χ1v) is 5.60. The summed E-state index contributed by atoms with van der Waals surface area (Å²) in [5.74, 6) is -0.521. The van der Waals surface area contributed by atoms with Crippen LogP contribution >= 0.6 is 22.9 Å². The number of carboxylic acids is 1. The van der Waals surface area contributed by atoms with Crippen LogP contribution in [-0.4, -0.2) is 21.0 Å². The molecule has 0 aliphatic rings. The summed E-state index contributed by atoms with van der Waals surface area (Å²) in [5.41, 5.74) is 0.563. The summed E-state index contributed by atoms with van der Waals surface area (Å²) in [7, 11) is 0.